The maximum atomic E-state index is 14.1. The highest BCUT2D eigenvalue weighted by Gasteiger charge is 2.65. The minimum atomic E-state index is -0.764. The summed E-state index contributed by atoms with van der Waals surface area (Å²) in [5.74, 6) is -0.788. The molecule has 0 aliphatic heterocycles. The first kappa shape index (κ1) is 33.2. The molecule has 7 rings (SSSR count). The fourth-order valence-corrected chi connectivity index (χ4v) is 8.35. The van der Waals surface area contributed by atoms with Crippen LogP contribution in [0.25, 0.3) is 33.4 Å². The van der Waals surface area contributed by atoms with E-state index in [9.17, 15) is 18.8 Å². The van der Waals surface area contributed by atoms with Gasteiger partial charge in [0.2, 0.25) is 0 Å². The molecular weight excluding hydrogens is 609 g/mol. The third-order valence-corrected chi connectivity index (χ3v) is 11.2. The number of carbonyl (C=O) groups excluding carboxylic acids is 3. The van der Waals surface area contributed by atoms with Crippen LogP contribution in [-0.4, -0.2) is 50.6 Å². The Balaban J connectivity index is 1.45. The molecule has 8 nitrogen and oxygen atoms in total. The van der Waals surface area contributed by atoms with Crippen molar-refractivity contribution < 1.29 is 27.9 Å². The van der Waals surface area contributed by atoms with E-state index in [1.165, 1.54) is 19.2 Å². The van der Waals surface area contributed by atoms with Crippen molar-refractivity contribution in [2.75, 3.05) is 32.1 Å². The van der Waals surface area contributed by atoms with Crippen molar-refractivity contribution in [2.45, 2.75) is 53.0 Å². The number of methoxy groups -OCH3 is 1. The average Bonchev–Trinajstić information content (AvgIpc) is 3.46. The molecule has 2 bridgehead atoms. The molecule has 9 heteroatoms. The Kier molecular flexibility index (Phi) is 8.60. The monoisotopic (exact) mass is 653 g/mol. The SMILES string of the molecule is CCN(CC)c1cc2oc(-c3ccc(F)cc3)c(C(=O)NC)c2cc1-c1cccc(C(=O)N[C@]2(C)[C@H](C(=O)OC)C[C@@H]3C[C@H]2C3(C)C)c1. The molecule has 0 unspecified atom stereocenters. The quantitative estimate of drug-likeness (QED) is 0.182. The summed E-state index contributed by atoms with van der Waals surface area (Å²) in [7, 11) is 2.97. The molecule has 1 heterocycles. The number of esters is 1. The number of hydrogen-bond acceptors (Lipinski definition) is 6. The molecule has 3 aliphatic carbocycles. The van der Waals surface area contributed by atoms with E-state index in [1.807, 2.05) is 37.3 Å². The Labute approximate surface area is 281 Å². The van der Waals surface area contributed by atoms with Crippen LogP contribution in [0.3, 0.4) is 0 Å². The van der Waals surface area contributed by atoms with E-state index in [2.05, 4.69) is 43.2 Å². The zero-order chi connectivity index (χ0) is 34.5. The third kappa shape index (κ3) is 5.33. The summed E-state index contributed by atoms with van der Waals surface area (Å²) in [5, 5.41) is 6.63. The Hall–Kier alpha value is -4.66. The van der Waals surface area contributed by atoms with Gasteiger partial charge in [-0.2, -0.15) is 0 Å². The molecule has 0 spiro atoms. The molecule has 4 aromatic rings. The first-order valence-electron chi connectivity index (χ1n) is 16.7. The lowest BCUT2D eigenvalue weighted by Gasteiger charge is -2.66. The Morgan fingerprint density at radius 3 is 2.29 bits per heavy atom. The smallest absolute Gasteiger partial charge is 0.311 e. The van der Waals surface area contributed by atoms with Crippen molar-refractivity contribution in [1.82, 2.24) is 10.6 Å². The van der Waals surface area contributed by atoms with E-state index in [0.717, 1.165) is 23.2 Å². The predicted octanol–water partition coefficient (Wildman–Crippen LogP) is 7.46. The molecule has 3 aromatic carbocycles. The molecule has 252 valence electrons. The number of nitrogens with one attached hydrogen (secondary N) is 2. The lowest BCUT2D eigenvalue weighted by molar-refractivity contribution is -0.179. The van der Waals surface area contributed by atoms with E-state index < -0.39 is 11.5 Å². The van der Waals surface area contributed by atoms with Gasteiger partial charge in [0.15, 0.2) is 0 Å². The summed E-state index contributed by atoms with van der Waals surface area (Å²) in [6.45, 7) is 12.0. The average molecular weight is 654 g/mol. The minimum Gasteiger partial charge on any atom is -0.469 e. The summed E-state index contributed by atoms with van der Waals surface area (Å²) < 4.78 is 25.3. The Morgan fingerprint density at radius 2 is 1.67 bits per heavy atom. The van der Waals surface area contributed by atoms with Crippen LogP contribution in [-0.2, 0) is 9.53 Å². The van der Waals surface area contributed by atoms with Gasteiger partial charge < -0.3 is 24.7 Å². The summed E-state index contributed by atoms with van der Waals surface area (Å²) in [6.07, 6.45) is 1.64. The van der Waals surface area contributed by atoms with Crippen LogP contribution < -0.4 is 15.5 Å². The number of halogens is 1. The zero-order valence-corrected chi connectivity index (χ0v) is 28.7. The molecule has 4 atom stereocenters. The number of furan rings is 1. The molecule has 3 aliphatic rings. The van der Waals surface area contributed by atoms with Crippen molar-refractivity contribution >= 4 is 34.4 Å². The molecule has 3 saturated carbocycles. The number of fused-ring (bicyclic) bond motifs is 3. The fraction of sp³-hybridized carbons (Fsp3) is 0.410. The molecule has 1 aromatic heterocycles. The largest absolute Gasteiger partial charge is 0.469 e. The highest BCUT2D eigenvalue weighted by atomic mass is 19.1. The Morgan fingerprint density at radius 1 is 0.958 bits per heavy atom. The lowest BCUT2D eigenvalue weighted by Crippen LogP contribution is -2.71. The lowest BCUT2D eigenvalue weighted by atomic mass is 9.41. The third-order valence-electron chi connectivity index (χ3n) is 11.2. The molecule has 48 heavy (non-hydrogen) atoms. The molecular formula is C39H44FN3O5. The van der Waals surface area contributed by atoms with Crippen LogP contribution in [0, 0.1) is 29.0 Å². The molecule has 3 fully saturated rings. The van der Waals surface area contributed by atoms with Crippen molar-refractivity contribution in [3.8, 4) is 22.5 Å². The van der Waals surface area contributed by atoms with Crippen LogP contribution in [0.1, 0.15) is 68.2 Å². The second kappa shape index (κ2) is 12.4. The second-order valence-corrected chi connectivity index (χ2v) is 13.9. The number of anilines is 1. The zero-order valence-electron chi connectivity index (χ0n) is 28.7. The molecule has 0 saturated heterocycles. The fourth-order valence-electron chi connectivity index (χ4n) is 8.35. The summed E-state index contributed by atoms with van der Waals surface area (Å²) >= 11 is 0. The summed E-state index contributed by atoms with van der Waals surface area (Å²) in [6, 6.07) is 17.2. The van der Waals surface area contributed by atoms with Gasteiger partial charge in [-0.05, 0) is 98.9 Å². The van der Waals surface area contributed by atoms with Gasteiger partial charge in [-0.1, -0.05) is 26.0 Å². The van der Waals surface area contributed by atoms with Gasteiger partial charge in [0.1, 0.15) is 17.2 Å². The van der Waals surface area contributed by atoms with Gasteiger partial charge >= 0.3 is 5.97 Å². The van der Waals surface area contributed by atoms with Crippen LogP contribution in [0.4, 0.5) is 10.1 Å². The van der Waals surface area contributed by atoms with E-state index in [4.69, 9.17) is 9.15 Å². The van der Waals surface area contributed by atoms with Crippen LogP contribution in [0.2, 0.25) is 0 Å². The predicted molar refractivity (Wildman–Crippen MR) is 185 cm³/mol. The van der Waals surface area contributed by atoms with Crippen molar-refractivity contribution in [1.29, 1.82) is 0 Å². The van der Waals surface area contributed by atoms with Crippen LogP contribution in [0.15, 0.2) is 65.1 Å². The standard InChI is InChI=1S/C39H44FN3O5/c1-8-43(9-2)30-21-31-28(33(36(45)41-6)34(48-31)22-13-15-26(40)16-14-22)20-27(30)23-11-10-12-24(17-23)35(44)42-39(5)29(37(46)47-7)18-25-19-32(39)38(25,3)4/h10-17,20-21,25,29,32H,8-9,18-19H2,1-7H3,(H,41,45)(H,42,44)/t25-,29+,32+,39-/m1/s1. The molecule has 2 N–H and O–H groups in total. The van der Waals surface area contributed by atoms with Crippen molar-refractivity contribution in [2.24, 2.45) is 23.2 Å². The van der Waals surface area contributed by atoms with E-state index in [-0.39, 0.29) is 34.9 Å². The number of nitrogens with zero attached hydrogens (tertiary/aromatic N) is 1. The minimum absolute atomic E-state index is 0.00231. The highest BCUT2D eigenvalue weighted by Crippen LogP contribution is 2.64. The number of amides is 2. The van der Waals surface area contributed by atoms with E-state index in [1.54, 1.807) is 25.2 Å². The topological polar surface area (TPSA) is 101 Å². The summed E-state index contributed by atoms with van der Waals surface area (Å²) in [4.78, 5) is 42.5. The maximum absolute atomic E-state index is 14.1. The Bertz CT molecular complexity index is 1890. The normalized spacial score (nSPS) is 22.5. The molecule has 2 amide bonds. The van der Waals surface area contributed by atoms with E-state index in [0.29, 0.717) is 58.8 Å². The summed E-state index contributed by atoms with van der Waals surface area (Å²) in [5.41, 5.74) is 3.67. The van der Waals surface area contributed by atoms with Gasteiger partial charge in [-0.3, -0.25) is 14.4 Å². The number of rotatable bonds is 9. The van der Waals surface area contributed by atoms with Gasteiger partial charge in [-0.15, -0.1) is 0 Å². The van der Waals surface area contributed by atoms with Crippen molar-refractivity contribution in [3.05, 3.63) is 77.6 Å². The number of ether oxygens (including phenoxy) is 1. The highest BCUT2D eigenvalue weighted by molar-refractivity contribution is 6.13. The van der Waals surface area contributed by atoms with E-state index >= 15 is 0 Å². The number of hydrogen-bond donors (Lipinski definition) is 2. The second-order valence-electron chi connectivity index (χ2n) is 13.9. The molecule has 0 radical (unpaired) electrons. The van der Waals surface area contributed by atoms with Crippen LogP contribution >= 0.6 is 0 Å². The van der Waals surface area contributed by atoms with Gasteiger partial charge in [0.05, 0.1) is 24.1 Å². The first-order valence-corrected chi connectivity index (χ1v) is 16.7. The van der Waals surface area contributed by atoms with Crippen LogP contribution in [0.5, 0.6) is 0 Å². The first-order chi connectivity index (χ1) is 22.9. The van der Waals surface area contributed by atoms with Gasteiger partial charge in [-0.25, -0.2) is 4.39 Å². The maximum Gasteiger partial charge on any atom is 0.311 e. The number of carbonyl (C=O) groups is 3. The van der Waals surface area contributed by atoms with Crippen molar-refractivity contribution in [3.63, 3.8) is 0 Å². The number of benzene rings is 3. The van der Waals surface area contributed by atoms with Gasteiger partial charge in [0, 0.05) is 54.0 Å². The van der Waals surface area contributed by atoms with Gasteiger partial charge in [0.25, 0.3) is 11.8 Å².